The van der Waals surface area contributed by atoms with Gasteiger partial charge in [-0.15, -0.1) is 0 Å². The van der Waals surface area contributed by atoms with Gasteiger partial charge in [0.2, 0.25) is 0 Å². The Morgan fingerprint density at radius 3 is 2.80 bits per heavy atom. The van der Waals surface area contributed by atoms with E-state index in [9.17, 15) is 0 Å². The van der Waals surface area contributed by atoms with E-state index in [0.29, 0.717) is 0 Å². The highest BCUT2D eigenvalue weighted by atomic mass is 32.2. The van der Waals surface area contributed by atoms with Crippen molar-refractivity contribution in [3.63, 3.8) is 0 Å². The van der Waals surface area contributed by atoms with Crippen molar-refractivity contribution >= 4 is 23.5 Å². The maximum absolute atomic E-state index is 3.78. The first-order chi connectivity index (χ1) is 7.40. The second kappa shape index (κ2) is 6.41. The average Bonchev–Trinajstić information content (AvgIpc) is 3.09. The third-order valence-corrected chi connectivity index (χ3v) is 6.15. The third kappa shape index (κ3) is 4.20. The van der Waals surface area contributed by atoms with Crippen molar-refractivity contribution in [2.24, 2.45) is 5.92 Å². The largest absolute Gasteiger partial charge is 0.313 e. The number of hydrogen-bond donors (Lipinski definition) is 1. The van der Waals surface area contributed by atoms with Crippen LogP contribution in [-0.2, 0) is 0 Å². The maximum atomic E-state index is 3.78. The van der Waals surface area contributed by atoms with E-state index >= 15 is 0 Å². The summed E-state index contributed by atoms with van der Waals surface area (Å²) >= 11 is 4.36. The van der Waals surface area contributed by atoms with Gasteiger partial charge in [-0.3, -0.25) is 0 Å². The van der Waals surface area contributed by atoms with Crippen LogP contribution in [0.15, 0.2) is 0 Å². The molecule has 2 rings (SSSR count). The van der Waals surface area contributed by atoms with Gasteiger partial charge in [0.15, 0.2) is 0 Å². The second-order valence-electron chi connectivity index (χ2n) is 4.72. The van der Waals surface area contributed by atoms with Gasteiger partial charge in [-0.2, -0.15) is 23.5 Å². The Balaban J connectivity index is 1.78. The molecule has 1 aliphatic heterocycles. The fourth-order valence-corrected chi connectivity index (χ4v) is 5.05. The van der Waals surface area contributed by atoms with Gasteiger partial charge in [0.1, 0.15) is 0 Å². The van der Waals surface area contributed by atoms with E-state index in [1.165, 1.54) is 49.5 Å². The minimum absolute atomic E-state index is 0.801. The van der Waals surface area contributed by atoms with Crippen molar-refractivity contribution in [3.05, 3.63) is 0 Å². The van der Waals surface area contributed by atoms with E-state index in [2.05, 4.69) is 35.8 Å². The molecule has 1 nitrogen and oxygen atoms in total. The predicted molar refractivity (Wildman–Crippen MR) is 73.0 cm³/mol. The zero-order chi connectivity index (χ0) is 10.5. The van der Waals surface area contributed by atoms with E-state index in [0.717, 1.165) is 17.2 Å². The maximum Gasteiger partial charge on any atom is 0.0292 e. The van der Waals surface area contributed by atoms with E-state index in [1.54, 1.807) is 0 Å². The van der Waals surface area contributed by atoms with Crippen LogP contribution in [0.2, 0.25) is 0 Å². The molecular formula is C12H23NS2. The zero-order valence-electron chi connectivity index (χ0n) is 9.71. The first-order valence-corrected chi connectivity index (χ1v) is 8.53. The van der Waals surface area contributed by atoms with Gasteiger partial charge < -0.3 is 5.32 Å². The van der Waals surface area contributed by atoms with Crippen LogP contribution in [0.3, 0.4) is 0 Å². The van der Waals surface area contributed by atoms with Crippen LogP contribution in [-0.4, -0.2) is 35.1 Å². The Bertz CT molecular complexity index is 176. The molecule has 0 bridgehead atoms. The normalized spacial score (nSPS) is 29.0. The summed E-state index contributed by atoms with van der Waals surface area (Å²) < 4.78 is 0. The van der Waals surface area contributed by atoms with Gasteiger partial charge in [0.05, 0.1) is 0 Å². The van der Waals surface area contributed by atoms with Gasteiger partial charge in [0, 0.05) is 28.6 Å². The van der Waals surface area contributed by atoms with E-state index in [4.69, 9.17) is 0 Å². The Morgan fingerprint density at radius 2 is 2.20 bits per heavy atom. The summed E-state index contributed by atoms with van der Waals surface area (Å²) in [6, 6.07) is 0.801. The topological polar surface area (TPSA) is 12.0 Å². The predicted octanol–water partition coefficient (Wildman–Crippen LogP) is 3.00. The van der Waals surface area contributed by atoms with Crippen molar-refractivity contribution in [1.82, 2.24) is 5.32 Å². The van der Waals surface area contributed by atoms with Crippen LogP contribution in [0.1, 0.15) is 32.6 Å². The van der Waals surface area contributed by atoms with Crippen molar-refractivity contribution < 1.29 is 0 Å². The second-order valence-corrected chi connectivity index (χ2v) is 7.22. The molecule has 2 aliphatic rings. The molecular weight excluding hydrogens is 222 g/mol. The molecule has 3 heteroatoms. The van der Waals surface area contributed by atoms with Crippen LogP contribution in [0.4, 0.5) is 0 Å². The molecule has 88 valence electrons. The van der Waals surface area contributed by atoms with Crippen LogP contribution in [0.25, 0.3) is 0 Å². The third-order valence-electron chi connectivity index (χ3n) is 3.23. The lowest BCUT2D eigenvalue weighted by Gasteiger charge is -2.30. The monoisotopic (exact) mass is 245 g/mol. The Labute approximate surface area is 103 Å². The lowest BCUT2D eigenvalue weighted by Crippen LogP contribution is -2.41. The smallest absolute Gasteiger partial charge is 0.0292 e. The SMILES string of the molecule is CCCNC(CC1CC1)C1CSCCS1. The first-order valence-electron chi connectivity index (χ1n) is 6.33. The summed E-state index contributed by atoms with van der Waals surface area (Å²) in [5.41, 5.74) is 0. The fourth-order valence-electron chi connectivity index (χ4n) is 2.15. The molecule has 2 fully saturated rings. The van der Waals surface area contributed by atoms with Crippen molar-refractivity contribution in [3.8, 4) is 0 Å². The van der Waals surface area contributed by atoms with Gasteiger partial charge in [0.25, 0.3) is 0 Å². The van der Waals surface area contributed by atoms with E-state index in [1.807, 2.05) is 0 Å². The Hall–Kier alpha value is 0.660. The molecule has 0 amide bonds. The van der Waals surface area contributed by atoms with Crippen molar-refractivity contribution in [2.75, 3.05) is 23.8 Å². The summed E-state index contributed by atoms with van der Waals surface area (Å²) in [6.07, 6.45) is 5.70. The molecule has 0 aromatic heterocycles. The van der Waals surface area contributed by atoms with Crippen LogP contribution < -0.4 is 5.32 Å². The molecule has 1 aliphatic carbocycles. The molecule has 1 N–H and O–H groups in total. The Kier molecular flexibility index (Phi) is 5.18. The minimum atomic E-state index is 0.801. The summed E-state index contributed by atoms with van der Waals surface area (Å²) in [7, 11) is 0. The zero-order valence-corrected chi connectivity index (χ0v) is 11.3. The van der Waals surface area contributed by atoms with Crippen LogP contribution >= 0.6 is 23.5 Å². The molecule has 1 saturated carbocycles. The minimum Gasteiger partial charge on any atom is -0.313 e. The molecule has 1 heterocycles. The van der Waals surface area contributed by atoms with Gasteiger partial charge in [-0.1, -0.05) is 19.8 Å². The number of rotatable bonds is 6. The highest BCUT2D eigenvalue weighted by Crippen LogP contribution is 2.37. The van der Waals surface area contributed by atoms with Crippen molar-refractivity contribution in [2.45, 2.75) is 43.9 Å². The fraction of sp³-hybridized carbons (Fsp3) is 1.00. The summed E-state index contributed by atoms with van der Waals surface area (Å²) in [5.74, 6) is 5.17. The number of thioether (sulfide) groups is 2. The molecule has 2 unspecified atom stereocenters. The highest BCUT2D eigenvalue weighted by Gasteiger charge is 2.30. The first kappa shape index (κ1) is 12.1. The molecule has 2 atom stereocenters. The summed E-state index contributed by atoms with van der Waals surface area (Å²) in [5, 5.41) is 4.66. The van der Waals surface area contributed by atoms with Gasteiger partial charge in [-0.25, -0.2) is 0 Å². The molecule has 0 aromatic rings. The quantitative estimate of drug-likeness (QED) is 0.772. The lowest BCUT2D eigenvalue weighted by molar-refractivity contribution is 0.456. The standard InChI is InChI=1S/C12H23NS2/c1-2-5-13-11(8-10-3-4-10)12-9-14-6-7-15-12/h10-13H,2-9H2,1H3. The van der Waals surface area contributed by atoms with Gasteiger partial charge in [-0.05, 0) is 25.3 Å². The number of nitrogens with one attached hydrogen (secondary N) is 1. The van der Waals surface area contributed by atoms with Crippen LogP contribution in [0.5, 0.6) is 0 Å². The van der Waals surface area contributed by atoms with Crippen LogP contribution in [0, 0.1) is 5.92 Å². The average molecular weight is 245 g/mol. The number of hydrogen-bond acceptors (Lipinski definition) is 3. The molecule has 0 spiro atoms. The highest BCUT2D eigenvalue weighted by molar-refractivity contribution is 8.06. The van der Waals surface area contributed by atoms with E-state index < -0.39 is 0 Å². The molecule has 0 radical (unpaired) electrons. The van der Waals surface area contributed by atoms with Crippen molar-refractivity contribution in [1.29, 1.82) is 0 Å². The molecule has 1 saturated heterocycles. The van der Waals surface area contributed by atoms with Gasteiger partial charge >= 0.3 is 0 Å². The summed E-state index contributed by atoms with van der Waals surface area (Å²) in [4.78, 5) is 0. The summed E-state index contributed by atoms with van der Waals surface area (Å²) in [6.45, 7) is 3.48. The Morgan fingerprint density at radius 1 is 1.33 bits per heavy atom. The van der Waals surface area contributed by atoms with E-state index in [-0.39, 0.29) is 0 Å². The molecule has 0 aromatic carbocycles. The lowest BCUT2D eigenvalue weighted by atomic mass is 10.1. The molecule has 15 heavy (non-hydrogen) atoms.